The van der Waals surface area contributed by atoms with Crippen molar-refractivity contribution in [2.45, 2.75) is 12.8 Å². The monoisotopic (exact) mass is 397 g/mol. The smallest absolute Gasteiger partial charge is 0.224 e. The van der Waals surface area contributed by atoms with Crippen LogP contribution in [-0.4, -0.2) is 64.3 Å². The van der Waals surface area contributed by atoms with Gasteiger partial charge in [0.2, 0.25) is 5.91 Å². The van der Waals surface area contributed by atoms with Gasteiger partial charge in [-0.05, 0) is 54.9 Å². The molecule has 156 valence electrons. The average molecular weight is 398 g/mol. The van der Waals surface area contributed by atoms with E-state index in [9.17, 15) is 4.79 Å². The molecule has 0 unspecified atom stereocenters. The summed E-state index contributed by atoms with van der Waals surface area (Å²) in [6, 6.07) is 15.9. The zero-order valence-electron chi connectivity index (χ0n) is 17.4. The predicted molar refractivity (Wildman–Crippen MR) is 116 cm³/mol. The molecule has 0 atom stereocenters. The first-order chi connectivity index (χ1) is 14.2. The van der Waals surface area contributed by atoms with Gasteiger partial charge in [0.1, 0.15) is 11.5 Å². The highest BCUT2D eigenvalue weighted by molar-refractivity contribution is 5.78. The fourth-order valence-corrected chi connectivity index (χ4v) is 3.54. The number of benzene rings is 2. The minimum atomic E-state index is 0.0690. The van der Waals surface area contributed by atoms with E-state index in [-0.39, 0.29) is 5.91 Å². The Morgan fingerprint density at radius 1 is 0.897 bits per heavy atom. The molecule has 2 aromatic rings. The number of nitrogens with zero attached hydrogens (tertiary/aromatic N) is 2. The average Bonchev–Trinajstić information content (AvgIpc) is 2.78. The Morgan fingerprint density at radius 3 is 2.07 bits per heavy atom. The van der Waals surface area contributed by atoms with Crippen molar-refractivity contribution in [1.29, 1.82) is 0 Å². The van der Waals surface area contributed by atoms with E-state index in [1.807, 2.05) is 36.4 Å². The van der Waals surface area contributed by atoms with Gasteiger partial charge in [-0.1, -0.05) is 12.1 Å². The molecule has 6 nitrogen and oxygen atoms in total. The number of ether oxygens (including phenoxy) is 2. The van der Waals surface area contributed by atoms with Crippen LogP contribution in [0.25, 0.3) is 0 Å². The molecule has 1 aliphatic heterocycles. The number of nitrogens with one attached hydrogen (secondary N) is 1. The predicted octanol–water partition coefficient (Wildman–Crippen LogP) is 2.57. The van der Waals surface area contributed by atoms with E-state index in [0.29, 0.717) is 13.0 Å². The van der Waals surface area contributed by atoms with Gasteiger partial charge in [-0.2, -0.15) is 0 Å². The van der Waals surface area contributed by atoms with Crippen molar-refractivity contribution < 1.29 is 14.3 Å². The molecule has 0 bridgehead atoms. The summed E-state index contributed by atoms with van der Waals surface area (Å²) >= 11 is 0. The van der Waals surface area contributed by atoms with Crippen molar-refractivity contribution >= 4 is 11.6 Å². The maximum absolute atomic E-state index is 12.1. The lowest BCUT2D eigenvalue weighted by Crippen LogP contribution is -2.47. The topological polar surface area (TPSA) is 54.0 Å². The van der Waals surface area contributed by atoms with E-state index < -0.39 is 0 Å². The van der Waals surface area contributed by atoms with Gasteiger partial charge in [0.25, 0.3) is 0 Å². The van der Waals surface area contributed by atoms with E-state index in [2.05, 4.69) is 27.2 Å². The molecule has 0 aliphatic carbocycles. The van der Waals surface area contributed by atoms with Gasteiger partial charge >= 0.3 is 0 Å². The summed E-state index contributed by atoms with van der Waals surface area (Å²) in [7, 11) is 3.33. The lowest BCUT2D eigenvalue weighted by Gasteiger charge is -2.36. The molecule has 0 aromatic heterocycles. The molecular formula is C23H31N3O3. The molecule has 3 rings (SSSR count). The van der Waals surface area contributed by atoms with Crippen molar-refractivity contribution in [1.82, 2.24) is 10.2 Å². The van der Waals surface area contributed by atoms with Crippen LogP contribution in [0.3, 0.4) is 0 Å². The van der Waals surface area contributed by atoms with Gasteiger partial charge in [0.15, 0.2) is 0 Å². The van der Waals surface area contributed by atoms with Gasteiger partial charge in [0, 0.05) is 38.4 Å². The number of methoxy groups -OCH3 is 2. The standard InChI is InChI=1S/C23H31N3O3/c1-28-21-8-4-19(5-9-21)18-23(27)24-12-3-13-25-14-16-26(17-15-25)20-6-10-22(29-2)11-7-20/h4-11H,3,12-18H2,1-2H3,(H,24,27). The maximum Gasteiger partial charge on any atom is 0.224 e. The molecule has 0 radical (unpaired) electrons. The van der Waals surface area contributed by atoms with E-state index >= 15 is 0 Å². The zero-order valence-corrected chi connectivity index (χ0v) is 17.4. The van der Waals surface area contributed by atoms with Crippen molar-refractivity contribution in [3.63, 3.8) is 0 Å². The van der Waals surface area contributed by atoms with Gasteiger partial charge in [-0.15, -0.1) is 0 Å². The molecule has 1 N–H and O–H groups in total. The fraction of sp³-hybridized carbons (Fsp3) is 0.435. The van der Waals surface area contributed by atoms with Crippen LogP contribution in [-0.2, 0) is 11.2 Å². The summed E-state index contributed by atoms with van der Waals surface area (Å²) in [6.45, 7) is 5.87. The van der Waals surface area contributed by atoms with Gasteiger partial charge in [-0.3, -0.25) is 9.69 Å². The van der Waals surface area contributed by atoms with E-state index in [1.54, 1.807) is 14.2 Å². The summed E-state index contributed by atoms with van der Waals surface area (Å²) in [5, 5.41) is 3.03. The van der Waals surface area contributed by atoms with Gasteiger partial charge < -0.3 is 19.7 Å². The minimum absolute atomic E-state index is 0.0690. The molecule has 0 saturated carbocycles. The highest BCUT2D eigenvalue weighted by Crippen LogP contribution is 2.20. The summed E-state index contributed by atoms with van der Waals surface area (Å²) in [5.41, 5.74) is 2.24. The first-order valence-corrected chi connectivity index (χ1v) is 10.2. The molecule has 1 fully saturated rings. The Kier molecular flexibility index (Phi) is 7.76. The molecule has 1 heterocycles. The van der Waals surface area contributed by atoms with Crippen LogP contribution in [0.15, 0.2) is 48.5 Å². The van der Waals surface area contributed by atoms with E-state index in [4.69, 9.17) is 9.47 Å². The molecule has 1 aliphatic rings. The summed E-state index contributed by atoms with van der Waals surface area (Å²) in [5.74, 6) is 1.77. The SMILES string of the molecule is COc1ccc(CC(=O)NCCCN2CCN(c3ccc(OC)cc3)CC2)cc1. The molecule has 1 saturated heterocycles. The quantitative estimate of drug-likeness (QED) is 0.659. The van der Waals surface area contributed by atoms with Crippen LogP contribution in [0.5, 0.6) is 11.5 Å². The third-order valence-electron chi connectivity index (χ3n) is 5.31. The Hall–Kier alpha value is -2.73. The molecule has 1 amide bonds. The van der Waals surface area contributed by atoms with Crippen LogP contribution in [0.1, 0.15) is 12.0 Å². The summed E-state index contributed by atoms with van der Waals surface area (Å²) in [4.78, 5) is 17.0. The van der Waals surface area contributed by atoms with Crippen LogP contribution in [0.2, 0.25) is 0 Å². The number of amides is 1. The fourth-order valence-electron chi connectivity index (χ4n) is 3.54. The number of rotatable bonds is 9. The Balaban J connectivity index is 1.30. The van der Waals surface area contributed by atoms with Gasteiger partial charge in [0.05, 0.1) is 20.6 Å². The van der Waals surface area contributed by atoms with Crippen molar-refractivity contribution in [3.05, 3.63) is 54.1 Å². The normalized spacial score (nSPS) is 14.5. The number of hydrogen-bond donors (Lipinski definition) is 1. The first-order valence-electron chi connectivity index (χ1n) is 10.2. The van der Waals surface area contributed by atoms with Crippen molar-refractivity contribution in [3.8, 4) is 11.5 Å². The number of anilines is 1. The Bertz CT molecular complexity index is 754. The summed E-state index contributed by atoms with van der Waals surface area (Å²) in [6.07, 6.45) is 1.38. The lowest BCUT2D eigenvalue weighted by molar-refractivity contribution is -0.120. The summed E-state index contributed by atoms with van der Waals surface area (Å²) < 4.78 is 10.4. The number of carbonyl (C=O) groups is 1. The third-order valence-corrected chi connectivity index (χ3v) is 5.31. The number of piperazine rings is 1. The van der Waals surface area contributed by atoms with Crippen LogP contribution < -0.4 is 19.7 Å². The second-order valence-electron chi connectivity index (χ2n) is 7.26. The minimum Gasteiger partial charge on any atom is -0.497 e. The van der Waals surface area contributed by atoms with Crippen LogP contribution in [0, 0.1) is 0 Å². The molecule has 29 heavy (non-hydrogen) atoms. The Morgan fingerprint density at radius 2 is 1.48 bits per heavy atom. The van der Waals surface area contributed by atoms with Crippen LogP contribution in [0.4, 0.5) is 5.69 Å². The molecule has 0 spiro atoms. The van der Waals surface area contributed by atoms with E-state index in [0.717, 1.165) is 56.2 Å². The molecular weight excluding hydrogens is 366 g/mol. The number of carbonyl (C=O) groups excluding carboxylic acids is 1. The largest absolute Gasteiger partial charge is 0.497 e. The van der Waals surface area contributed by atoms with Gasteiger partial charge in [-0.25, -0.2) is 0 Å². The second-order valence-corrected chi connectivity index (χ2v) is 7.26. The van der Waals surface area contributed by atoms with Crippen molar-refractivity contribution in [2.24, 2.45) is 0 Å². The third kappa shape index (κ3) is 6.39. The molecule has 2 aromatic carbocycles. The Labute approximate surface area is 173 Å². The molecule has 6 heteroatoms. The highest BCUT2D eigenvalue weighted by Gasteiger charge is 2.16. The maximum atomic E-state index is 12.1. The van der Waals surface area contributed by atoms with E-state index in [1.165, 1.54) is 5.69 Å². The first kappa shape index (κ1) is 21.0. The zero-order chi connectivity index (χ0) is 20.5. The van der Waals surface area contributed by atoms with Crippen LogP contribution >= 0.6 is 0 Å². The second kappa shape index (κ2) is 10.7. The lowest BCUT2D eigenvalue weighted by atomic mass is 10.1. The number of hydrogen-bond acceptors (Lipinski definition) is 5. The highest BCUT2D eigenvalue weighted by atomic mass is 16.5. The van der Waals surface area contributed by atoms with Crippen molar-refractivity contribution in [2.75, 3.05) is 58.4 Å².